The van der Waals surface area contributed by atoms with Crippen LogP contribution in [0.3, 0.4) is 0 Å². The van der Waals surface area contributed by atoms with Crippen molar-refractivity contribution in [3.8, 4) is 0 Å². The maximum atomic E-state index is 12.7. The maximum Gasteiger partial charge on any atom is 0.358 e. The van der Waals surface area contributed by atoms with Gasteiger partial charge in [0.1, 0.15) is 23.2 Å². The predicted molar refractivity (Wildman–Crippen MR) is 108 cm³/mol. The van der Waals surface area contributed by atoms with Crippen LogP contribution < -0.4 is 11.1 Å². The van der Waals surface area contributed by atoms with Crippen LogP contribution in [0.4, 0.5) is 0 Å². The lowest BCUT2D eigenvalue weighted by atomic mass is 10.2. The van der Waals surface area contributed by atoms with Crippen molar-refractivity contribution < 1.29 is 13.9 Å². The molecular formula is C21H22ClN3O3. The van der Waals surface area contributed by atoms with Gasteiger partial charge in [0.15, 0.2) is 5.71 Å². The third-order valence-electron chi connectivity index (χ3n) is 4.19. The third-order valence-corrected chi connectivity index (χ3v) is 4.57. The average molecular weight is 400 g/mol. The third kappa shape index (κ3) is 5.50. The van der Waals surface area contributed by atoms with E-state index in [1.165, 1.54) is 0 Å². The number of rotatable bonds is 9. The number of hydrogen-bond donors (Lipinski definition) is 2. The van der Waals surface area contributed by atoms with Crippen LogP contribution >= 0.6 is 11.6 Å². The lowest BCUT2D eigenvalue weighted by molar-refractivity contribution is -0.136. The Hall–Kier alpha value is -2.99. The Labute approximate surface area is 168 Å². The highest BCUT2D eigenvalue weighted by Gasteiger charge is 2.27. The minimum absolute atomic E-state index is 0.00795. The molecule has 6 nitrogen and oxygen atoms in total. The topological polar surface area (TPSA) is 89.8 Å². The summed E-state index contributed by atoms with van der Waals surface area (Å²) in [5, 5.41) is 2.92. The summed E-state index contributed by atoms with van der Waals surface area (Å²) in [6.07, 6.45) is 3.57. The molecule has 2 aromatic rings. The van der Waals surface area contributed by atoms with Gasteiger partial charge in [-0.05, 0) is 30.5 Å². The average Bonchev–Trinajstić information content (AvgIpc) is 3.44. The van der Waals surface area contributed by atoms with Gasteiger partial charge in [0.2, 0.25) is 0 Å². The van der Waals surface area contributed by atoms with Crippen molar-refractivity contribution in [2.45, 2.75) is 26.0 Å². The number of nitrogens with two attached hydrogens (primary N) is 1. The van der Waals surface area contributed by atoms with Gasteiger partial charge in [0.25, 0.3) is 0 Å². The van der Waals surface area contributed by atoms with Crippen LogP contribution in [-0.2, 0) is 22.7 Å². The number of ether oxygens (including phenoxy) is 1. The lowest BCUT2D eigenvalue weighted by Crippen LogP contribution is -2.27. The zero-order valence-electron chi connectivity index (χ0n) is 15.4. The molecule has 7 heteroatoms. The minimum Gasteiger partial charge on any atom is -0.467 e. The first-order valence-corrected chi connectivity index (χ1v) is 9.32. The molecule has 1 saturated carbocycles. The molecule has 0 radical (unpaired) electrons. The molecule has 0 atom stereocenters. The Morgan fingerprint density at radius 1 is 1.29 bits per heavy atom. The Balaban J connectivity index is 1.74. The van der Waals surface area contributed by atoms with E-state index in [9.17, 15) is 4.79 Å². The van der Waals surface area contributed by atoms with Crippen LogP contribution in [0.2, 0.25) is 0 Å². The Bertz CT molecular complexity index is 885. The molecule has 1 aliphatic carbocycles. The summed E-state index contributed by atoms with van der Waals surface area (Å²) in [6, 6.07) is 12.9. The highest BCUT2D eigenvalue weighted by Crippen LogP contribution is 2.36. The van der Waals surface area contributed by atoms with E-state index < -0.39 is 5.97 Å². The Morgan fingerprint density at radius 2 is 2.04 bits per heavy atom. The van der Waals surface area contributed by atoms with Gasteiger partial charge in [-0.25, -0.2) is 9.79 Å². The standard InChI is InChI=1S/C21H22ClN3O3/c1-14(16-9-10-16)25-19(21(26)28-13-15-6-3-2-4-7-15)18(22)20(23)24-12-17-8-5-11-27-17/h2-8,11,16,24H,1,9-10,12-13,23H2/b20-18-,25-19+. The first-order valence-electron chi connectivity index (χ1n) is 8.95. The minimum atomic E-state index is -0.654. The molecule has 0 saturated heterocycles. The van der Waals surface area contributed by atoms with Gasteiger partial charge in [-0.3, -0.25) is 0 Å². The van der Waals surface area contributed by atoms with Gasteiger partial charge in [0.05, 0.1) is 12.8 Å². The quantitative estimate of drug-likeness (QED) is 0.494. The first-order chi connectivity index (χ1) is 13.5. The largest absolute Gasteiger partial charge is 0.467 e. The number of benzene rings is 1. The fourth-order valence-corrected chi connectivity index (χ4v) is 2.61. The van der Waals surface area contributed by atoms with Gasteiger partial charge in [0, 0.05) is 11.6 Å². The van der Waals surface area contributed by atoms with Crippen LogP contribution in [0, 0.1) is 5.92 Å². The molecule has 28 heavy (non-hydrogen) atoms. The molecular weight excluding hydrogens is 378 g/mol. The van der Waals surface area contributed by atoms with Crippen molar-refractivity contribution in [3.63, 3.8) is 0 Å². The summed E-state index contributed by atoms with van der Waals surface area (Å²) in [5.74, 6) is 0.411. The van der Waals surface area contributed by atoms with E-state index in [2.05, 4.69) is 16.9 Å². The zero-order valence-corrected chi connectivity index (χ0v) is 16.1. The van der Waals surface area contributed by atoms with E-state index in [4.69, 9.17) is 26.5 Å². The molecule has 1 aromatic carbocycles. The van der Waals surface area contributed by atoms with Gasteiger partial charge in [-0.1, -0.05) is 48.5 Å². The summed E-state index contributed by atoms with van der Waals surface area (Å²) in [4.78, 5) is 17.0. The highest BCUT2D eigenvalue weighted by molar-refractivity contribution is 6.58. The molecule has 3 rings (SSSR count). The summed E-state index contributed by atoms with van der Waals surface area (Å²) in [7, 11) is 0. The number of esters is 1. The van der Waals surface area contributed by atoms with E-state index in [-0.39, 0.29) is 29.1 Å². The van der Waals surface area contributed by atoms with E-state index >= 15 is 0 Å². The zero-order chi connectivity index (χ0) is 19.9. The molecule has 1 heterocycles. The van der Waals surface area contributed by atoms with Crippen LogP contribution in [0.1, 0.15) is 24.2 Å². The number of hydrogen-bond acceptors (Lipinski definition) is 6. The summed E-state index contributed by atoms with van der Waals surface area (Å²) in [5.41, 5.74) is 7.43. The number of nitrogens with one attached hydrogen (secondary N) is 1. The van der Waals surface area contributed by atoms with Crippen molar-refractivity contribution in [1.82, 2.24) is 5.32 Å². The molecule has 0 unspecified atom stereocenters. The summed E-state index contributed by atoms with van der Waals surface area (Å²) < 4.78 is 10.6. The van der Waals surface area contributed by atoms with Gasteiger partial charge in [-0.2, -0.15) is 0 Å². The fourth-order valence-electron chi connectivity index (χ4n) is 2.43. The molecule has 0 amide bonds. The van der Waals surface area contributed by atoms with Crippen molar-refractivity contribution in [2.24, 2.45) is 16.6 Å². The smallest absolute Gasteiger partial charge is 0.358 e. The number of allylic oxidation sites excluding steroid dienone is 1. The van der Waals surface area contributed by atoms with Gasteiger partial charge < -0.3 is 20.2 Å². The number of carbonyl (C=O) groups excluding carboxylic acids is 1. The number of halogens is 1. The van der Waals surface area contributed by atoms with Gasteiger partial charge >= 0.3 is 5.97 Å². The monoisotopic (exact) mass is 399 g/mol. The van der Waals surface area contributed by atoms with Crippen molar-refractivity contribution >= 4 is 23.3 Å². The summed E-state index contributed by atoms with van der Waals surface area (Å²) >= 11 is 6.37. The molecule has 146 valence electrons. The predicted octanol–water partition coefficient (Wildman–Crippen LogP) is 3.84. The molecule has 0 aliphatic heterocycles. The second-order valence-corrected chi connectivity index (χ2v) is 6.83. The number of furan rings is 1. The molecule has 1 fully saturated rings. The summed E-state index contributed by atoms with van der Waals surface area (Å²) in [6.45, 7) is 4.37. The van der Waals surface area contributed by atoms with E-state index in [0.717, 1.165) is 18.4 Å². The normalized spacial score (nSPS) is 15.0. The van der Waals surface area contributed by atoms with E-state index in [1.807, 2.05) is 30.3 Å². The maximum absolute atomic E-state index is 12.7. The Morgan fingerprint density at radius 3 is 2.68 bits per heavy atom. The van der Waals surface area contributed by atoms with Crippen LogP contribution in [0.5, 0.6) is 0 Å². The van der Waals surface area contributed by atoms with Crippen LogP contribution in [0.15, 0.2) is 81.3 Å². The molecule has 0 bridgehead atoms. The molecule has 1 aliphatic rings. The Kier molecular flexibility index (Phi) is 6.55. The van der Waals surface area contributed by atoms with Crippen molar-refractivity contribution in [2.75, 3.05) is 0 Å². The van der Waals surface area contributed by atoms with Crippen LogP contribution in [-0.4, -0.2) is 11.7 Å². The number of aliphatic imine (C=N–C) groups is 1. The van der Waals surface area contributed by atoms with E-state index in [0.29, 0.717) is 18.0 Å². The number of nitrogens with zero attached hydrogens (tertiary/aromatic N) is 1. The molecule has 1 aromatic heterocycles. The second kappa shape index (κ2) is 9.28. The van der Waals surface area contributed by atoms with Crippen LogP contribution in [0.25, 0.3) is 0 Å². The molecule has 0 spiro atoms. The molecule has 3 N–H and O–H groups in total. The SMILES string of the molecule is C=C(/N=C(C(=O)OCc1ccccc1)\C(Cl)=C(/N)NCc1ccco1)C1CC1. The first kappa shape index (κ1) is 19.8. The highest BCUT2D eigenvalue weighted by atomic mass is 35.5. The van der Waals surface area contributed by atoms with E-state index in [1.54, 1.807) is 18.4 Å². The van der Waals surface area contributed by atoms with Gasteiger partial charge in [-0.15, -0.1) is 0 Å². The second-order valence-electron chi connectivity index (χ2n) is 6.45. The van der Waals surface area contributed by atoms with Crippen molar-refractivity contribution in [1.29, 1.82) is 0 Å². The van der Waals surface area contributed by atoms with Crippen molar-refractivity contribution in [3.05, 3.63) is 83.2 Å². The fraction of sp³-hybridized carbons (Fsp3) is 0.238. The lowest BCUT2D eigenvalue weighted by Gasteiger charge is -2.11. The number of carbonyl (C=O) groups is 1.